The van der Waals surface area contributed by atoms with Gasteiger partial charge in [-0.25, -0.2) is 4.98 Å². The number of fused-ring (bicyclic) bond motifs is 2. The van der Waals surface area contributed by atoms with Gasteiger partial charge in [-0.05, 0) is 48.0 Å². The molecule has 1 aliphatic heterocycles. The molecule has 0 saturated carbocycles. The van der Waals surface area contributed by atoms with Crippen LogP contribution in [0.2, 0.25) is 0 Å². The van der Waals surface area contributed by atoms with E-state index in [-0.39, 0.29) is 5.78 Å². The molecule has 4 aromatic rings. The molecule has 0 atom stereocenters. The van der Waals surface area contributed by atoms with Crippen molar-refractivity contribution in [3.8, 4) is 28.7 Å². The van der Waals surface area contributed by atoms with Crippen LogP contribution in [0.3, 0.4) is 0 Å². The minimum atomic E-state index is -0.266. The number of nitrogens with one attached hydrogen (secondary N) is 1. The third-order valence-corrected chi connectivity index (χ3v) is 5.69. The topological polar surface area (TPSA) is 91.9 Å². The van der Waals surface area contributed by atoms with Crippen molar-refractivity contribution < 1.29 is 28.5 Å². The van der Waals surface area contributed by atoms with E-state index in [9.17, 15) is 4.79 Å². The van der Waals surface area contributed by atoms with Gasteiger partial charge in [-0.2, -0.15) is 0 Å². The van der Waals surface area contributed by atoms with Crippen LogP contribution in [0.1, 0.15) is 21.7 Å². The van der Waals surface area contributed by atoms with Crippen LogP contribution < -0.4 is 23.7 Å². The number of imidazole rings is 1. The maximum absolute atomic E-state index is 13.9. The SMILES string of the molecule is COc1cc(C(=O)/C(=C\c2ccc3c(c2)OCCO3)c2nc3ccccc3[nH]2)cc(OC)c1OC. The Hall–Kier alpha value is -4.46. The van der Waals surface area contributed by atoms with Crippen LogP contribution in [0.4, 0.5) is 0 Å². The molecule has 0 aliphatic carbocycles. The molecule has 0 fully saturated rings. The highest BCUT2D eigenvalue weighted by Crippen LogP contribution is 2.39. The number of methoxy groups -OCH3 is 3. The first-order valence-electron chi connectivity index (χ1n) is 11.0. The number of para-hydroxylation sites is 2. The number of hydrogen-bond donors (Lipinski definition) is 1. The first kappa shape index (κ1) is 22.3. The lowest BCUT2D eigenvalue weighted by Gasteiger charge is -2.18. The molecule has 5 rings (SSSR count). The second-order valence-corrected chi connectivity index (χ2v) is 7.81. The molecule has 1 N–H and O–H groups in total. The van der Waals surface area contributed by atoms with Crippen LogP contribution >= 0.6 is 0 Å². The highest BCUT2D eigenvalue weighted by Gasteiger charge is 2.23. The summed E-state index contributed by atoms with van der Waals surface area (Å²) in [6, 6.07) is 16.4. The minimum Gasteiger partial charge on any atom is -0.493 e. The molecule has 8 nitrogen and oxygen atoms in total. The Morgan fingerprint density at radius 3 is 2.31 bits per heavy atom. The van der Waals surface area contributed by atoms with Crippen LogP contribution in [0.15, 0.2) is 54.6 Å². The van der Waals surface area contributed by atoms with E-state index in [1.54, 1.807) is 18.2 Å². The molecule has 178 valence electrons. The first-order chi connectivity index (χ1) is 17.1. The number of rotatable bonds is 7. The van der Waals surface area contributed by atoms with E-state index >= 15 is 0 Å². The quantitative estimate of drug-likeness (QED) is 0.306. The van der Waals surface area contributed by atoms with Crippen molar-refractivity contribution in [3.05, 3.63) is 71.5 Å². The predicted octanol–water partition coefficient (Wildman–Crippen LogP) is 4.78. The minimum absolute atomic E-state index is 0.266. The highest BCUT2D eigenvalue weighted by atomic mass is 16.6. The first-order valence-corrected chi connectivity index (χ1v) is 11.0. The molecule has 3 aromatic carbocycles. The molecule has 8 heteroatoms. The zero-order chi connectivity index (χ0) is 24.4. The number of hydrogen-bond acceptors (Lipinski definition) is 7. The number of ketones is 1. The fourth-order valence-corrected chi connectivity index (χ4v) is 4.01. The maximum Gasteiger partial charge on any atom is 0.203 e. The van der Waals surface area contributed by atoms with Crippen molar-refractivity contribution in [1.29, 1.82) is 0 Å². The maximum atomic E-state index is 13.9. The van der Waals surface area contributed by atoms with Gasteiger partial charge in [0.15, 0.2) is 28.8 Å². The lowest BCUT2D eigenvalue weighted by molar-refractivity contribution is 0.105. The lowest BCUT2D eigenvalue weighted by Crippen LogP contribution is -2.15. The van der Waals surface area contributed by atoms with Gasteiger partial charge in [0.2, 0.25) is 5.75 Å². The van der Waals surface area contributed by atoms with Gasteiger partial charge >= 0.3 is 0 Å². The molecule has 0 radical (unpaired) electrons. The Bertz CT molecular complexity index is 1380. The number of allylic oxidation sites excluding steroid dienone is 1. The normalized spacial score (nSPS) is 12.9. The van der Waals surface area contributed by atoms with Gasteiger partial charge in [-0.3, -0.25) is 4.79 Å². The van der Waals surface area contributed by atoms with Gasteiger partial charge < -0.3 is 28.7 Å². The summed E-state index contributed by atoms with van der Waals surface area (Å²) in [5.41, 5.74) is 3.09. The van der Waals surface area contributed by atoms with Gasteiger partial charge in [-0.1, -0.05) is 18.2 Å². The number of aromatic amines is 1. The summed E-state index contributed by atoms with van der Waals surface area (Å²) >= 11 is 0. The van der Waals surface area contributed by atoms with E-state index < -0.39 is 0 Å². The summed E-state index contributed by atoms with van der Waals surface area (Å²) in [6.07, 6.45) is 1.78. The number of ether oxygens (including phenoxy) is 5. The molecule has 0 spiro atoms. The number of nitrogens with zero attached hydrogens (tertiary/aromatic N) is 1. The second kappa shape index (κ2) is 9.42. The van der Waals surface area contributed by atoms with Crippen LogP contribution in [0.5, 0.6) is 28.7 Å². The Kier molecular flexibility index (Phi) is 6.01. The predicted molar refractivity (Wildman–Crippen MR) is 132 cm³/mol. The number of carbonyl (C=O) groups is 1. The van der Waals surface area contributed by atoms with E-state index in [4.69, 9.17) is 23.7 Å². The summed E-state index contributed by atoms with van der Waals surface area (Å²) in [6.45, 7) is 0.979. The van der Waals surface area contributed by atoms with E-state index in [1.165, 1.54) is 21.3 Å². The zero-order valence-corrected chi connectivity index (χ0v) is 19.6. The van der Waals surface area contributed by atoms with Crippen molar-refractivity contribution in [2.75, 3.05) is 34.5 Å². The molecule has 0 bridgehead atoms. The molecule has 35 heavy (non-hydrogen) atoms. The van der Waals surface area contributed by atoms with Crippen molar-refractivity contribution in [3.63, 3.8) is 0 Å². The fourth-order valence-electron chi connectivity index (χ4n) is 4.01. The molecule has 0 saturated heterocycles. The molecular weight excluding hydrogens is 448 g/mol. The van der Waals surface area contributed by atoms with Crippen molar-refractivity contribution in [1.82, 2.24) is 9.97 Å². The number of carbonyl (C=O) groups excluding carboxylic acids is 1. The third-order valence-electron chi connectivity index (χ3n) is 5.69. The fraction of sp³-hybridized carbons (Fsp3) is 0.185. The zero-order valence-electron chi connectivity index (χ0n) is 19.6. The Balaban J connectivity index is 1.65. The van der Waals surface area contributed by atoms with Crippen LogP contribution in [-0.4, -0.2) is 50.3 Å². The summed E-state index contributed by atoms with van der Waals surface area (Å²) in [7, 11) is 4.54. The average molecular weight is 472 g/mol. The van der Waals surface area contributed by atoms with Gasteiger partial charge in [0.25, 0.3) is 0 Å². The summed E-state index contributed by atoms with van der Waals surface area (Å²) in [5.74, 6) is 2.67. The van der Waals surface area contributed by atoms with Crippen LogP contribution in [0, 0.1) is 0 Å². The van der Waals surface area contributed by atoms with Gasteiger partial charge in [-0.15, -0.1) is 0 Å². The monoisotopic (exact) mass is 472 g/mol. The summed E-state index contributed by atoms with van der Waals surface area (Å²) in [5, 5.41) is 0. The average Bonchev–Trinajstić information content (AvgIpc) is 3.34. The number of H-pyrrole nitrogens is 1. The molecule has 0 amide bonds. The van der Waals surface area contributed by atoms with Crippen LogP contribution in [-0.2, 0) is 0 Å². The molecular formula is C27H24N2O6. The van der Waals surface area contributed by atoms with E-state index in [0.29, 0.717) is 58.9 Å². The van der Waals surface area contributed by atoms with Gasteiger partial charge in [0.1, 0.15) is 19.0 Å². The Morgan fingerprint density at radius 1 is 0.914 bits per heavy atom. The summed E-state index contributed by atoms with van der Waals surface area (Å²) in [4.78, 5) is 21.9. The highest BCUT2D eigenvalue weighted by molar-refractivity contribution is 6.32. The van der Waals surface area contributed by atoms with E-state index in [0.717, 1.165) is 16.6 Å². The largest absolute Gasteiger partial charge is 0.493 e. The molecule has 1 aliphatic rings. The second-order valence-electron chi connectivity index (χ2n) is 7.81. The molecule has 0 unspecified atom stereocenters. The van der Waals surface area contributed by atoms with Gasteiger partial charge in [0.05, 0.1) is 37.9 Å². The Labute approximate surface area is 202 Å². The van der Waals surface area contributed by atoms with Crippen molar-refractivity contribution in [2.45, 2.75) is 0 Å². The Morgan fingerprint density at radius 2 is 1.63 bits per heavy atom. The van der Waals surface area contributed by atoms with Gasteiger partial charge in [0, 0.05) is 5.56 Å². The lowest BCUT2D eigenvalue weighted by atomic mass is 9.99. The molecule has 2 heterocycles. The molecule has 1 aromatic heterocycles. The van der Waals surface area contributed by atoms with Crippen LogP contribution in [0.25, 0.3) is 22.7 Å². The van der Waals surface area contributed by atoms with Crippen molar-refractivity contribution >= 4 is 28.5 Å². The number of benzene rings is 3. The third kappa shape index (κ3) is 4.26. The number of Topliss-reactive ketones (excluding diaryl/α,β-unsaturated/α-hetero) is 1. The number of aromatic nitrogens is 2. The summed E-state index contributed by atoms with van der Waals surface area (Å²) < 4.78 is 27.7. The standard InChI is InChI=1S/C27H24N2O6/c1-31-23-14-17(15-24(32-2)26(23)33-3)25(30)18(27-28-19-6-4-5-7-20(19)29-27)12-16-8-9-21-22(13-16)35-11-10-34-21/h4-9,12-15H,10-11H2,1-3H3,(H,28,29)/b18-12+. The van der Waals surface area contributed by atoms with Crippen molar-refractivity contribution in [2.24, 2.45) is 0 Å². The van der Waals surface area contributed by atoms with E-state index in [2.05, 4.69) is 9.97 Å². The smallest absolute Gasteiger partial charge is 0.203 e. The van der Waals surface area contributed by atoms with E-state index in [1.807, 2.05) is 42.5 Å².